The Morgan fingerprint density at radius 3 is 2.45 bits per heavy atom. The Bertz CT molecular complexity index is 440. The fourth-order valence-electron chi connectivity index (χ4n) is 2.60. The normalized spacial score (nSPS) is 26.5. The van der Waals surface area contributed by atoms with Crippen LogP contribution >= 0.6 is 0 Å². The highest BCUT2D eigenvalue weighted by atomic mass is 32.2. The van der Waals surface area contributed by atoms with Gasteiger partial charge in [-0.15, -0.1) is 0 Å². The van der Waals surface area contributed by atoms with Gasteiger partial charge in [0, 0.05) is 32.8 Å². The quantitative estimate of drug-likeness (QED) is 0.786. The molecule has 116 valence electrons. The van der Waals surface area contributed by atoms with Crippen molar-refractivity contribution in [3.8, 4) is 0 Å². The molecule has 2 rings (SSSR count). The number of hydrogen-bond acceptors (Lipinski definition) is 4. The fourth-order valence-corrected chi connectivity index (χ4v) is 3.43. The minimum atomic E-state index is -3.16. The van der Waals surface area contributed by atoms with Crippen molar-refractivity contribution in [3.63, 3.8) is 0 Å². The van der Waals surface area contributed by atoms with Gasteiger partial charge in [0.2, 0.25) is 10.0 Å². The van der Waals surface area contributed by atoms with Crippen LogP contribution in [0.15, 0.2) is 0 Å². The molecule has 0 aromatic heterocycles. The van der Waals surface area contributed by atoms with E-state index < -0.39 is 10.0 Å². The molecule has 2 amide bonds. The molecule has 2 unspecified atom stereocenters. The van der Waals surface area contributed by atoms with Crippen LogP contribution in [-0.2, 0) is 14.8 Å². The minimum Gasteiger partial charge on any atom is -0.376 e. The number of amides is 2. The lowest BCUT2D eigenvalue weighted by Crippen LogP contribution is -2.55. The van der Waals surface area contributed by atoms with Gasteiger partial charge in [0.15, 0.2) is 0 Å². The summed E-state index contributed by atoms with van der Waals surface area (Å²) in [6.07, 6.45) is 3.31. The first kappa shape index (κ1) is 15.5. The van der Waals surface area contributed by atoms with Crippen molar-refractivity contribution in [3.05, 3.63) is 0 Å². The summed E-state index contributed by atoms with van der Waals surface area (Å²) in [6, 6.07) is -0.154. The van der Waals surface area contributed by atoms with Gasteiger partial charge in [-0.2, -0.15) is 4.31 Å². The van der Waals surface area contributed by atoms with Crippen molar-refractivity contribution >= 4 is 16.1 Å². The second kappa shape index (κ2) is 6.28. The zero-order chi connectivity index (χ0) is 14.8. The van der Waals surface area contributed by atoms with Gasteiger partial charge in [-0.3, -0.25) is 0 Å². The summed E-state index contributed by atoms with van der Waals surface area (Å²) in [5.74, 6) is 0. The van der Waals surface area contributed by atoms with Gasteiger partial charge >= 0.3 is 6.03 Å². The van der Waals surface area contributed by atoms with E-state index in [0.29, 0.717) is 26.2 Å². The number of ether oxygens (including phenoxy) is 1. The number of nitrogens with zero attached hydrogens (tertiary/aromatic N) is 2. The highest BCUT2D eigenvalue weighted by molar-refractivity contribution is 7.88. The number of piperazine rings is 1. The number of rotatable bonds is 3. The molecular formula is C12H23N3O4S. The van der Waals surface area contributed by atoms with E-state index in [1.807, 2.05) is 6.92 Å². The molecule has 2 heterocycles. The fraction of sp³-hybridized carbons (Fsp3) is 0.917. The van der Waals surface area contributed by atoms with Crippen LogP contribution in [0.1, 0.15) is 19.8 Å². The number of hydrogen-bond donors (Lipinski definition) is 1. The molecule has 0 radical (unpaired) electrons. The Balaban J connectivity index is 1.79. The molecule has 0 aromatic rings. The monoisotopic (exact) mass is 305 g/mol. The smallest absolute Gasteiger partial charge is 0.317 e. The van der Waals surface area contributed by atoms with Crippen LogP contribution in [0.4, 0.5) is 4.79 Å². The van der Waals surface area contributed by atoms with Gasteiger partial charge in [-0.1, -0.05) is 0 Å². The third-order valence-electron chi connectivity index (χ3n) is 3.87. The molecule has 20 heavy (non-hydrogen) atoms. The summed E-state index contributed by atoms with van der Waals surface area (Å²) >= 11 is 0. The van der Waals surface area contributed by atoms with Crippen molar-refractivity contribution in [2.45, 2.75) is 31.9 Å². The molecule has 0 spiro atoms. The molecule has 7 nitrogen and oxygen atoms in total. The largest absolute Gasteiger partial charge is 0.376 e. The van der Waals surface area contributed by atoms with Crippen LogP contribution in [0.3, 0.4) is 0 Å². The van der Waals surface area contributed by atoms with Crippen LogP contribution in [-0.4, -0.2) is 74.8 Å². The van der Waals surface area contributed by atoms with Gasteiger partial charge in [-0.25, -0.2) is 13.2 Å². The number of carbonyl (C=O) groups is 1. The summed E-state index contributed by atoms with van der Waals surface area (Å²) in [4.78, 5) is 13.8. The maximum absolute atomic E-state index is 12.1. The van der Waals surface area contributed by atoms with E-state index in [0.717, 1.165) is 19.4 Å². The third-order valence-corrected chi connectivity index (χ3v) is 5.17. The summed E-state index contributed by atoms with van der Waals surface area (Å²) < 4.78 is 29.8. The number of urea groups is 1. The Labute approximate surface area is 120 Å². The number of nitrogens with one attached hydrogen (secondary N) is 1. The molecular weight excluding hydrogens is 282 g/mol. The van der Waals surface area contributed by atoms with E-state index in [1.54, 1.807) is 4.90 Å². The first-order chi connectivity index (χ1) is 9.38. The van der Waals surface area contributed by atoms with E-state index in [9.17, 15) is 13.2 Å². The third kappa shape index (κ3) is 3.83. The van der Waals surface area contributed by atoms with Gasteiger partial charge in [-0.05, 0) is 19.8 Å². The first-order valence-corrected chi connectivity index (χ1v) is 8.85. The van der Waals surface area contributed by atoms with Gasteiger partial charge < -0.3 is 15.0 Å². The van der Waals surface area contributed by atoms with Crippen molar-refractivity contribution in [1.29, 1.82) is 0 Å². The van der Waals surface area contributed by atoms with Crippen molar-refractivity contribution < 1.29 is 17.9 Å². The van der Waals surface area contributed by atoms with Crippen LogP contribution < -0.4 is 5.32 Å². The lowest BCUT2D eigenvalue weighted by molar-refractivity contribution is 0.0821. The second-order valence-electron chi connectivity index (χ2n) is 5.44. The zero-order valence-electron chi connectivity index (χ0n) is 12.0. The molecule has 0 bridgehead atoms. The highest BCUT2D eigenvalue weighted by Gasteiger charge is 2.29. The predicted octanol–water partition coefficient (Wildman–Crippen LogP) is -0.159. The lowest BCUT2D eigenvalue weighted by Gasteiger charge is -2.34. The number of sulfonamides is 1. The Kier molecular flexibility index (Phi) is 4.87. The summed E-state index contributed by atoms with van der Waals surface area (Å²) in [6.45, 7) is 4.29. The highest BCUT2D eigenvalue weighted by Crippen LogP contribution is 2.15. The first-order valence-electron chi connectivity index (χ1n) is 7.00. The molecule has 2 fully saturated rings. The van der Waals surface area contributed by atoms with Crippen LogP contribution in [0.2, 0.25) is 0 Å². The average molecular weight is 305 g/mol. The van der Waals surface area contributed by atoms with E-state index in [-0.39, 0.29) is 18.2 Å². The van der Waals surface area contributed by atoms with Crippen molar-refractivity contribution in [2.75, 3.05) is 39.0 Å². The van der Waals surface area contributed by atoms with Crippen molar-refractivity contribution in [1.82, 2.24) is 14.5 Å². The van der Waals surface area contributed by atoms with Gasteiger partial charge in [0.05, 0.1) is 18.4 Å². The van der Waals surface area contributed by atoms with E-state index in [2.05, 4.69) is 5.32 Å². The van der Waals surface area contributed by atoms with E-state index >= 15 is 0 Å². The lowest BCUT2D eigenvalue weighted by atomic mass is 10.1. The van der Waals surface area contributed by atoms with Crippen LogP contribution in [0.5, 0.6) is 0 Å². The molecule has 2 saturated heterocycles. The molecule has 2 aliphatic heterocycles. The second-order valence-corrected chi connectivity index (χ2v) is 7.42. The van der Waals surface area contributed by atoms with E-state index in [1.165, 1.54) is 10.6 Å². The van der Waals surface area contributed by atoms with Gasteiger partial charge in [0.25, 0.3) is 0 Å². The molecule has 0 saturated carbocycles. The topological polar surface area (TPSA) is 79.0 Å². The minimum absolute atomic E-state index is 0.0158. The maximum atomic E-state index is 12.1. The summed E-state index contributed by atoms with van der Waals surface area (Å²) in [7, 11) is -3.16. The van der Waals surface area contributed by atoms with Crippen LogP contribution in [0, 0.1) is 0 Å². The summed E-state index contributed by atoms with van der Waals surface area (Å²) in [5, 5.41) is 2.94. The molecule has 0 aliphatic carbocycles. The molecule has 2 aliphatic rings. The standard InChI is InChI=1S/C12H23N3O4S/c1-10(11-4-3-9-19-11)13-12(16)14-5-7-15(8-6-14)20(2,17)18/h10-11H,3-9H2,1-2H3,(H,13,16). The number of carbonyl (C=O) groups excluding carboxylic acids is 1. The van der Waals surface area contributed by atoms with Gasteiger partial charge in [0.1, 0.15) is 0 Å². The summed E-state index contributed by atoms with van der Waals surface area (Å²) in [5.41, 5.74) is 0. The Morgan fingerprint density at radius 2 is 1.95 bits per heavy atom. The Hall–Kier alpha value is -0.860. The average Bonchev–Trinajstić information content (AvgIpc) is 2.91. The molecule has 8 heteroatoms. The zero-order valence-corrected chi connectivity index (χ0v) is 12.9. The van der Waals surface area contributed by atoms with Crippen molar-refractivity contribution in [2.24, 2.45) is 0 Å². The Morgan fingerprint density at radius 1 is 1.30 bits per heavy atom. The van der Waals surface area contributed by atoms with Crippen LogP contribution in [0.25, 0.3) is 0 Å². The SMILES string of the molecule is CC(NC(=O)N1CCN(S(C)(=O)=O)CC1)C1CCCO1. The molecule has 0 aromatic carbocycles. The molecule has 1 N–H and O–H groups in total. The molecule has 2 atom stereocenters. The predicted molar refractivity (Wildman–Crippen MR) is 75.0 cm³/mol. The maximum Gasteiger partial charge on any atom is 0.317 e. The van der Waals surface area contributed by atoms with E-state index in [4.69, 9.17) is 4.74 Å².